The molecule has 3 rings (SSSR count). The first-order chi connectivity index (χ1) is 13.5. The molecule has 0 atom stereocenters. The van der Waals surface area contributed by atoms with E-state index in [9.17, 15) is 27.5 Å². The maximum Gasteiger partial charge on any atom is 0.307 e. The van der Waals surface area contributed by atoms with Crippen molar-refractivity contribution in [1.29, 1.82) is 0 Å². The predicted octanol–water partition coefficient (Wildman–Crippen LogP) is 2.65. The summed E-state index contributed by atoms with van der Waals surface area (Å²) in [4.78, 5) is 24.6. The van der Waals surface area contributed by atoms with Gasteiger partial charge in [-0.1, -0.05) is 0 Å². The Hall–Kier alpha value is -3.20. The van der Waals surface area contributed by atoms with Crippen molar-refractivity contribution in [2.75, 3.05) is 14.1 Å². The summed E-state index contributed by atoms with van der Waals surface area (Å²) in [6.07, 6.45) is -0.440. The van der Waals surface area contributed by atoms with Crippen LogP contribution in [0.4, 0.5) is 4.39 Å². The molecule has 2 aromatic carbocycles. The molecule has 0 aliphatic heterocycles. The van der Waals surface area contributed by atoms with E-state index < -0.39 is 28.2 Å². The molecule has 0 fully saturated rings. The number of amides is 1. The van der Waals surface area contributed by atoms with Crippen LogP contribution in [0, 0.1) is 12.7 Å². The standard InChI is InChI=1S/C20H19FN2O5S/c1-12-16(11-19(24)25)17-10-14(21)6-9-18(17)23(12)29(27,28)15-7-4-13(5-8-15)20(26)22(2)3/h4-10H,11H2,1-3H3,(H,24,25). The van der Waals surface area contributed by atoms with Gasteiger partial charge in [-0.3, -0.25) is 9.59 Å². The number of aromatic nitrogens is 1. The van der Waals surface area contributed by atoms with Crippen molar-refractivity contribution in [2.45, 2.75) is 18.2 Å². The molecule has 0 bridgehead atoms. The van der Waals surface area contributed by atoms with Crippen molar-refractivity contribution < 1.29 is 27.5 Å². The van der Waals surface area contributed by atoms with Gasteiger partial charge in [0.15, 0.2) is 0 Å². The molecule has 3 aromatic rings. The molecule has 1 heterocycles. The van der Waals surface area contributed by atoms with Crippen molar-refractivity contribution in [1.82, 2.24) is 8.87 Å². The molecular formula is C20H19FN2O5S. The number of benzene rings is 2. The van der Waals surface area contributed by atoms with Crippen LogP contribution >= 0.6 is 0 Å². The fourth-order valence-electron chi connectivity index (χ4n) is 3.24. The van der Waals surface area contributed by atoms with E-state index >= 15 is 0 Å². The summed E-state index contributed by atoms with van der Waals surface area (Å²) in [5, 5.41) is 9.42. The zero-order chi connectivity index (χ0) is 21.5. The van der Waals surface area contributed by atoms with Crippen molar-refractivity contribution in [3.63, 3.8) is 0 Å². The summed E-state index contributed by atoms with van der Waals surface area (Å²) in [7, 11) is -0.933. The Balaban J connectivity index is 2.20. The molecule has 0 spiro atoms. The first-order valence-electron chi connectivity index (χ1n) is 8.62. The van der Waals surface area contributed by atoms with E-state index in [0.717, 1.165) is 16.1 Å². The first-order valence-corrected chi connectivity index (χ1v) is 10.1. The molecule has 0 aliphatic carbocycles. The van der Waals surface area contributed by atoms with Crippen LogP contribution in [0.15, 0.2) is 47.4 Å². The van der Waals surface area contributed by atoms with E-state index in [4.69, 9.17) is 0 Å². The fraction of sp³-hybridized carbons (Fsp3) is 0.200. The predicted molar refractivity (Wildman–Crippen MR) is 105 cm³/mol. The zero-order valence-electron chi connectivity index (χ0n) is 16.0. The molecule has 1 N–H and O–H groups in total. The quantitative estimate of drug-likeness (QED) is 0.687. The van der Waals surface area contributed by atoms with E-state index in [1.807, 2.05) is 0 Å². The molecule has 9 heteroatoms. The van der Waals surface area contributed by atoms with Gasteiger partial charge in [0.1, 0.15) is 5.82 Å². The van der Waals surface area contributed by atoms with Crippen LogP contribution in [-0.2, 0) is 21.2 Å². The van der Waals surface area contributed by atoms with Gasteiger partial charge < -0.3 is 10.0 Å². The Kier molecular flexibility index (Phi) is 5.18. The molecule has 1 amide bonds. The average Bonchev–Trinajstić information content (AvgIpc) is 2.92. The molecule has 0 radical (unpaired) electrons. The van der Waals surface area contributed by atoms with E-state index in [1.165, 1.54) is 42.2 Å². The number of halogens is 1. The minimum absolute atomic E-state index is 0.0704. The van der Waals surface area contributed by atoms with Crippen molar-refractivity contribution >= 4 is 32.8 Å². The number of carboxylic acid groups (broad SMARTS) is 1. The number of aliphatic carboxylic acids is 1. The Morgan fingerprint density at radius 1 is 1.10 bits per heavy atom. The molecule has 0 unspecified atom stereocenters. The summed E-state index contributed by atoms with van der Waals surface area (Å²) < 4.78 is 41.4. The summed E-state index contributed by atoms with van der Waals surface area (Å²) in [5.41, 5.74) is 0.946. The van der Waals surface area contributed by atoms with E-state index in [0.29, 0.717) is 5.56 Å². The molecule has 0 saturated carbocycles. The number of rotatable bonds is 5. The van der Waals surface area contributed by atoms with Crippen LogP contribution in [0.3, 0.4) is 0 Å². The highest BCUT2D eigenvalue weighted by Gasteiger charge is 2.26. The number of carbonyl (C=O) groups excluding carboxylic acids is 1. The van der Waals surface area contributed by atoms with Gasteiger partial charge in [0, 0.05) is 30.7 Å². The van der Waals surface area contributed by atoms with Gasteiger partial charge >= 0.3 is 5.97 Å². The van der Waals surface area contributed by atoms with Crippen LogP contribution in [0.1, 0.15) is 21.6 Å². The SMILES string of the molecule is Cc1c(CC(=O)O)c2cc(F)ccc2n1S(=O)(=O)c1ccc(C(=O)N(C)C)cc1. The third-order valence-corrected chi connectivity index (χ3v) is 6.44. The lowest BCUT2D eigenvalue weighted by Crippen LogP contribution is -2.21. The van der Waals surface area contributed by atoms with Crippen LogP contribution in [0.5, 0.6) is 0 Å². The third-order valence-electron chi connectivity index (χ3n) is 4.62. The maximum absolute atomic E-state index is 13.8. The number of fused-ring (bicyclic) bond motifs is 1. The third kappa shape index (κ3) is 3.61. The van der Waals surface area contributed by atoms with Gasteiger partial charge in [0.05, 0.1) is 16.8 Å². The summed E-state index contributed by atoms with van der Waals surface area (Å²) >= 11 is 0. The molecule has 1 aromatic heterocycles. The summed E-state index contributed by atoms with van der Waals surface area (Å²) in [6, 6.07) is 9.02. The topological polar surface area (TPSA) is 96.7 Å². The Morgan fingerprint density at radius 3 is 2.28 bits per heavy atom. The van der Waals surface area contributed by atoms with Gasteiger partial charge in [0.25, 0.3) is 15.9 Å². The first kappa shape index (κ1) is 20.5. The van der Waals surface area contributed by atoms with Gasteiger partial charge in [0.2, 0.25) is 0 Å². The monoisotopic (exact) mass is 418 g/mol. The van der Waals surface area contributed by atoms with Crippen LogP contribution < -0.4 is 0 Å². The maximum atomic E-state index is 13.8. The number of carbonyl (C=O) groups is 2. The van der Waals surface area contributed by atoms with Crippen molar-refractivity contribution in [3.8, 4) is 0 Å². The molecule has 0 aliphatic rings. The minimum atomic E-state index is -4.11. The number of nitrogens with zero attached hydrogens (tertiary/aromatic N) is 2. The minimum Gasteiger partial charge on any atom is -0.481 e. The van der Waals surface area contributed by atoms with Crippen LogP contribution in [0.25, 0.3) is 10.9 Å². The lowest BCUT2D eigenvalue weighted by Gasteiger charge is -2.13. The van der Waals surface area contributed by atoms with Crippen LogP contribution in [0.2, 0.25) is 0 Å². The number of carboxylic acids is 1. The largest absolute Gasteiger partial charge is 0.481 e. The second kappa shape index (κ2) is 7.32. The smallest absolute Gasteiger partial charge is 0.307 e. The normalized spacial score (nSPS) is 11.6. The molecule has 0 saturated heterocycles. The highest BCUT2D eigenvalue weighted by Crippen LogP contribution is 2.31. The Bertz CT molecular complexity index is 1230. The lowest BCUT2D eigenvalue weighted by atomic mass is 10.1. The average molecular weight is 418 g/mol. The van der Waals surface area contributed by atoms with E-state index in [2.05, 4.69) is 0 Å². The fourth-order valence-corrected chi connectivity index (χ4v) is 4.82. The van der Waals surface area contributed by atoms with Gasteiger partial charge in [-0.25, -0.2) is 16.8 Å². The van der Waals surface area contributed by atoms with Gasteiger partial charge in [-0.15, -0.1) is 0 Å². The molecule has 29 heavy (non-hydrogen) atoms. The van der Waals surface area contributed by atoms with Gasteiger partial charge in [-0.2, -0.15) is 0 Å². The molecule has 152 valence electrons. The highest BCUT2D eigenvalue weighted by molar-refractivity contribution is 7.90. The second-order valence-electron chi connectivity index (χ2n) is 6.79. The molecule has 7 nitrogen and oxygen atoms in total. The Morgan fingerprint density at radius 2 is 1.72 bits per heavy atom. The lowest BCUT2D eigenvalue weighted by molar-refractivity contribution is -0.136. The molecular weight excluding hydrogens is 399 g/mol. The van der Waals surface area contributed by atoms with Crippen molar-refractivity contribution in [2.24, 2.45) is 0 Å². The van der Waals surface area contributed by atoms with E-state index in [-0.39, 0.29) is 33.0 Å². The summed E-state index contributed by atoms with van der Waals surface area (Å²) in [5.74, 6) is -2.01. The zero-order valence-corrected chi connectivity index (χ0v) is 16.8. The number of hydrogen-bond donors (Lipinski definition) is 1. The highest BCUT2D eigenvalue weighted by atomic mass is 32.2. The van der Waals surface area contributed by atoms with Crippen LogP contribution in [-0.4, -0.2) is 48.4 Å². The Labute approximate surface area is 167 Å². The van der Waals surface area contributed by atoms with Crippen molar-refractivity contribution in [3.05, 3.63) is 65.1 Å². The van der Waals surface area contributed by atoms with E-state index in [1.54, 1.807) is 14.1 Å². The second-order valence-corrected chi connectivity index (χ2v) is 8.58. The number of hydrogen-bond acceptors (Lipinski definition) is 4. The van der Waals surface area contributed by atoms with Gasteiger partial charge in [-0.05, 0) is 55.0 Å². The summed E-state index contributed by atoms with van der Waals surface area (Å²) in [6.45, 7) is 1.48.